The van der Waals surface area contributed by atoms with E-state index in [1.165, 1.54) is 24.3 Å². The zero-order valence-corrected chi connectivity index (χ0v) is 23.5. The Morgan fingerprint density at radius 2 is 1.62 bits per heavy atom. The van der Waals surface area contributed by atoms with Crippen LogP contribution in [0.3, 0.4) is 0 Å². The number of hydrogen-bond acceptors (Lipinski definition) is 6. The molecule has 1 fully saturated rings. The summed E-state index contributed by atoms with van der Waals surface area (Å²) in [5.41, 5.74) is 1.67. The summed E-state index contributed by atoms with van der Waals surface area (Å²) >= 11 is 3.42. The van der Waals surface area contributed by atoms with E-state index in [9.17, 15) is 24.5 Å². The van der Waals surface area contributed by atoms with Crippen LogP contribution in [0.1, 0.15) is 43.4 Å². The lowest BCUT2D eigenvalue weighted by atomic mass is 9.62. The van der Waals surface area contributed by atoms with Gasteiger partial charge in [-0.05, 0) is 41.0 Å². The van der Waals surface area contributed by atoms with Gasteiger partial charge < -0.3 is 10.2 Å². The molecule has 206 valence electrons. The number of amides is 1. The van der Waals surface area contributed by atoms with Crippen molar-refractivity contribution in [3.05, 3.63) is 146 Å². The first kappa shape index (κ1) is 26.0. The maximum absolute atomic E-state index is 14.7. The lowest BCUT2D eigenvalue weighted by molar-refractivity contribution is -0.384. The van der Waals surface area contributed by atoms with Gasteiger partial charge in [0.15, 0.2) is 11.6 Å². The molecular weight excluding hydrogens is 598 g/mol. The minimum atomic E-state index is -1.47. The fraction of sp³-hybridized carbons (Fsp3) is 0.121. The zero-order chi connectivity index (χ0) is 29.2. The average Bonchev–Trinajstić information content (AvgIpc) is 3.49. The number of rotatable bonds is 5. The highest BCUT2D eigenvalue weighted by molar-refractivity contribution is 9.10. The molecule has 0 radical (unpaired) electrons. The Balaban J connectivity index is 1.53. The summed E-state index contributed by atoms with van der Waals surface area (Å²) in [5.74, 6) is -2.36. The minimum absolute atomic E-state index is 0.0950. The fourth-order valence-electron chi connectivity index (χ4n) is 6.90. The van der Waals surface area contributed by atoms with Gasteiger partial charge in [0.05, 0.1) is 16.9 Å². The van der Waals surface area contributed by atoms with Crippen LogP contribution < -0.4 is 5.32 Å². The lowest BCUT2D eigenvalue weighted by Gasteiger charge is -2.38. The number of nitrogens with zero attached hydrogens (tertiary/aromatic N) is 2. The summed E-state index contributed by atoms with van der Waals surface area (Å²) in [6.07, 6.45) is 3.65. The molecule has 0 bridgehead atoms. The van der Waals surface area contributed by atoms with E-state index >= 15 is 0 Å². The van der Waals surface area contributed by atoms with Gasteiger partial charge in [-0.3, -0.25) is 24.5 Å². The molecule has 0 unspecified atom stereocenters. The van der Waals surface area contributed by atoms with Crippen molar-refractivity contribution in [2.45, 2.75) is 17.5 Å². The summed E-state index contributed by atoms with van der Waals surface area (Å²) in [4.78, 5) is 56.6. The number of benzene rings is 4. The number of carbonyl (C=O) groups is 3. The number of halogens is 1. The van der Waals surface area contributed by atoms with Crippen LogP contribution in [0.25, 0.3) is 6.08 Å². The standard InChI is InChI=1S/C33H22BrN3O5/c34-22-14-12-20(13-15-22)29(38)27-28(30(39)21-7-5-8-23(18-21)37(41)42)36-17-16-19-6-1-2-9-24(19)31(36)33(27)25-10-3-4-11-26(25)35-32(33)40/h1-18,27-28,31H,(H,35,40)/t27-,28-,31+,33+/m0/s1. The first-order valence-corrected chi connectivity index (χ1v) is 14.2. The molecule has 4 aromatic rings. The third kappa shape index (κ3) is 3.63. The van der Waals surface area contributed by atoms with Crippen LogP contribution in [-0.4, -0.2) is 33.3 Å². The number of fused-ring (bicyclic) bond motifs is 6. The summed E-state index contributed by atoms with van der Waals surface area (Å²) < 4.78 is 0.780. The van der Waals surface area contributed by atoms with Crippen molar-refractivity contribution in [1.82, 2.24) is 4.90 Å². The van der Waals surface area contributed by atoms with E-state index in [0.29, 0.717) is 16.8 Å². The molecule has 0 aliphatic carbocycles. The predicted octanol–water partition coefficient (Wildman–Crippen LogP) is 6.34. The van der Waals surface area contributed by atoms with Crippen LogP contribution >= 0.6 is 15.9 Å². The number of Topliss-reactive ketones (excluding diaryl/α,β-unsaturated/α-hetero) is 2. The topological polar surface area (TPSA) is 110 Å². The van der Waals surface area contributed by atoms with Crippen LogP contribution in [0.15, 0.2) is 108 Å². The third-order valence-electron chi connectivity index (χ3n) is 8.59. The molecule has 4 atom stereocenters. The summed E-state index contributed by atoms with van der Waals surface area (Å²) in [6.45, 7) is 0. The van der Waals surface area contributed by atoms with Crippen molar-refractivity contribution in [2.24, 2.45) is 5.92 Å². The maximum atomic E-state index is 14.7. The summed E-state index contributed by atoms with van der Waals surface area (Å²) in [6, 6.07) is 25.5. The van der Waals surface area contributed by atoms with Gasteiger partial charge in [-0.15, -0.1) is 0 Å². The third-order valence-corrected chi connectivity index (χ3v) is 9.12. The van der Waals surface area contributed by atoms with Crippen LogP contribution in [0.4, 0.5) is 11.4 Å². The van der Waals surface area contributed by atoms with Gasteiger partial charge >= 0.3 is 0 Å². The minimum Gasteiger partial charge on any atom is -0.358 e. The number of ketones is 2. The van der Waals surface area contributed by atoms with Gasteiger partial charge in [-0.2, -0.15) is 0 Å². The summed E-state index contributed by atoms with van der Waals surface area (Å²) in [7, 11) is 0. The van der Waals surface area contributed by atoms with Crippen molar-refractivity contribution in [3.8, 4) is 0 Å². The Morgan fingerprint density at radius 1 is 0.881 bits per heavy atom. The smallest absolute Gasteiger partial charge is 0.270 e. The number of nitrogens with one attached hydrogen (secondary N) is 1. The van der Waals surface area contributed by atoms with E-state index in [-0.39, 0.29) is 22.9 Å². The number of carbonyl (C=O) groups excluding carboxylic acids is 3. The molecule has 8 nitrogen and oxygen atoms in total. The van der Waals surface area contributed by atoms with Gasteiger partial charge in [0.1, 0.15) is 11.5 Å². The normalized spacial score (nSPS) is 23.2. The number of non-ortho nitro benzene ring substituents is 1. The Hall–Kier alpha value is -4.89. The van der Waals surface area contributed by atoms with Gasteiger partial charge in [-0.1, -0.05) is 82.7 Å². The summed E-state index contributed by atoms with van der Waals surface area (Å²) in [5, 5.41) is 14.6. The zero-order valence-electron chi connectivity index (χ0n) is 21.9. The van der Waals surface area contributed by atoms with Crippen molar-refractivity contribution in [1.29, 1.82) is 0 Å². The van der Waals surface area contributed by atoms with Crippen molar-refractivity contribution in [2.75, 3.05) is 5.32 Å². The quantitative estimate of drug-likeness (QED) is 0.159. The van der Waals surface area contributed by atoms with Gasteiger partial charge in [0, 0.05) is 39.6 Å². The van der Waals surface area contributed by atoms with E-state index in [1.807, 2.05) is 53.4 Å². The van der Waals surface area contributed by atoms with E-state index in [2.05, 4.69) is 21.2 Å². The molecule has 1 amide bonds. The van der Waals surface area contributed by atoms with Crippen LogP contribution in [0, 0.1) is 16.0 Å². The van der Waals surface area contributed by atoms with Crippen molar-refractivity contribution in [3.63, 3.8) is 0 Å². The highest BCUT2D eigenvalue weighted by Gasteiger charge is 2.70. The van der Waals surface area contributed by atoms with Crippen LogP contribution in [-0.2, 0) is 10.2 Å². The number of nitro groups is 1. The second-order valence-electron chi connectivity index (χ2n) is 10.6. The van der Waals surface area contributed by atoms with Gasteiger partial charge in [-0.25, -0.2) is 0 Å². The molecule has 7 rings (SSSR count). The lowest BCUT2D eigenvalue weighted by Crippen LogP contribution is -2.49. The molecule has 3 heterocycles. The Bertz CT molecular complexity index is 1850. The Kier molecular flexibility index (Phi) is 5.95. The molecule has 4 aromatic carbocycles. The SMILES string of the molecule is O=C(c1cccc([N+](=O)[O-])c1)[C@@H]1[C@@H](C(=O)c2ccc(Br)cc2)[C@@]2(C(=O)Nc3ccccc32)[C@H]2c3ccccc3C=CN12. The van der Waals surface area contributed by atoms with Crippen LogP contribution in [0.2, 0.25) is 0 Å². The number of hydrogen-bond donors (Lipinski definition) is 1. The average molecular weight is 620 g/mol. The van der Waals surface area contributed by atoms with E-state index in [4.69, 9.17) is 0 Å². The molecular formula is C33H22BrN3O5. The second kappa shape index (κ2) is 9.60. The molecule has 9 heteroatoms. The fourth-order valence-corrected chi connectivity index (χ4v) is 7.17. The highest BCUT2D eigenvalue weighted by atomic mass is 79.9. The first-order chi connectivity index (χ1) is 20.3. The number of anilines is 1. The van der Waals surface area contributed by atoms with Gasteiger partial charge in [0.25, 0.3) is 5.69 Å². The molecule has 0 saturated carbocycles. The molecule has 3 aliphatic heterocycles. The predicted molar refractivity (Wildman–Crippen MR) is 160 cm³/mol. The monoisotopic (exact) mass is 619 g/mol. The largest absolute Gasteiger partial charge is 0.358 e. The van der Waals surface area contributed by atoms with E-state index in [1.54, 1.807) is 36.5 Å². The molecule has 42 heavy (non-hydrogen) atoms. The molecule has 3 aliphatic rings. The van der Waals surface area contributed by atoms with Crippen molar-refractivity contribution >= 4 is 50.9 Å². The van der Waals surface area contributed by atoms with Crippen LogP contribution in [0.5, 0.6) is 0 Å². The molecule has 0 aromatic heterocycles. The first-order valence-electron chi connectivity index (χ1n) is 13.4. The molecule has 1 saturated heterocycles. The van der Waals surface area contributed by atoms with E-state index in [0.717, 1.165) is 15.6 Å². The van der Waals surface area contributed by atoms with Gasteiger partial charge in [0.2, 0.25) is 5.91 Å². The molecule has 1 N–H and O–H groups in total. The highest BCUT2D eigenvalue weighted by Crippen LogP contribution is 2.62. The second-order valence-corrected chi connectivity index (χ2v) is 11.5. The number of nitro benzene ring substituents is 1. The number of para-hydroxylation sites is 1. The van der Waals surface area contributed by atoms with Crippen molar-refractivity contribution < 1.29 is 19.3 Å². The Morgan fingerprint density at radius 3 is 2.40 bits per heavy atom. The Labute approximate surface area is 248 Å². The van der Waals surface area contributed by atoms with E-state index < -0.39 is 34.1 Å². The molecule has 1 spiro atoms. The maximum Gasteiger partial charge on any atom is 0.270 e.